The van der Waals surface area contributed by atoms with Crippen molar-refractivity contribution in [2.45, 2.75) is 45.4 Å². The maximum atomic E-state index is 11.8. The SMILES string of the molecule is Cc1cccc2c(C(=O)O)c3c(nc12)C(C)CCC3C. The highest BCUT2D eigenvalue weighted by atomic mass is 16.4. The smallest absolute Gasteiger partial charge is 0.336 e. The number of hydrogen-bond donors (Lipinski definition) is 1. The van der Waals surface area contributed by atoms with Gasteiger partial charge < -0.3 is 5.11 Å². The number of carboxylic acids is 1. The molecule has 0 fully saturated rings. The van der Waals surface area contributed by atoms with Crippen LogP contribution in [0.5, 0.6) is 0 Å². The molecule has 2 unspecified atom stereocenters. The molecule has 0 amide bonds. The predicted octanol–water partition coefficient (Wildman–Crippen LogP) is 4.24. The number of aryl methyl sites for hydroxylation is 1. The first-order valence-corrected chi connectivity index (χ1v) is 7.17. The molecule has 0 bridgehead atoms. The summed E-state index contributed by atoms with van der Waals surface area (Å²) in [6, 6.07) is 5.78. The molecular formula is C17H19NO2. The van der Waals surface area contributed by atoms with E-state index in [1.54, 1.807) is 0 Å². The third-order valence-electron chi connectivity index (χ3n) is 4.49. The Labute approximate surface area is 118 Å². The van der Waals surface area contributed by atoms with Gasteiger partial charge in [0.05, 0.1) is 11.1 Å². The third-order valence-corrected chi connectivity index (χ3v) is 4.49. The van der Waals surface area contributed by atoms with E-state index in [9.17, 15) is 9.90 Å². The van der Waals surface area contributed by atoms with E-state index in [4.69, 9.17) is 4.98 Å². The number of nitrogens with zero attached hydrogens (tertiary/aromatic N) is 1. The van der Waals surface area contributed by atoms with Crippen LogP contribution in [0.1, 0.15) is 65.7 Å². The molecule has 0 saturated heterocycles. The van der Waals surface area contributed by atoms with Crippen molar-refractivity contribution in [3.8, 4) is 0 Å². The molecule has 2 atom stereocenters. The highest BCUT2D eigenvalue weighted by molar-refractivity contribution is 6.05. The van der Waals surface area contributed by atoms with Crippen LogP contribution >= 0.6 is 0 Å². The summed E-state index contributed by atoms with van der Waals surface area (Å²) in [6.45, 7) is 6.25. The number of fused-ring (bicyclic) bond motifs is 2. The van der Waals surface area contributed by atoms with Crippen LogP contribution in [-0.2, 0) is 0 Å². The van der Waals surface area contributed by atoms with Gasteiger partial charge in [-0.15, -0.1) is 0 Å². The minimum atomic E-state index is -0.833. The second-order valence-electron chi connectivity index (χ2n) is 5.94. The maximum Gasteiger partial charge on any atom is 0.336 e. The highest BCUT2D eigenvalue weighted by Crippen LogP contribution is 2.41. The molecule has 0 aliphatic heterocycles. The average molecular weight is 269 g/mol. The summed E-state index contributed by atoms with van der Waals surface area (Å²) in [6.07, 6.45) is 2.12. The fourth-order valence-electron chi connectivity index (χ4n) is 3.35. The van der Waals surface area contributed by atoms with E-state index in [1.807, 2.05) is 25.1 Å². The van der Waals surface area contributed by atoms with Crippen molar-refractivity contribution in [2.75, 3.05) is 0 Å². The number of aromatic nitrogens is 1. The van der Waals surface area contributed by atoms with E-state index in [0.29, 0.717) is 11.5 Å². The Morgan fingerprint density at radius 2 is 1.95 bits per heavy atom. The van der Waals surface area contributed by atoms with E-state index in [1.165, 1.54) is 0 Å². The first-order chi connectivity index (χ1) is 9.50. The Morgan fingerprint density at radius 1 is 1.25 bits per heavy atom. The van der Waals surface area contributed by atoms with E-state index < -0.39 is 5.97 Å². The molecular weight excluding hydrogens is 250 g/mol. The molecule has 1 aliphatic rings. The molecule has 104 valence electrons. The van der Waals surface area contributed by atoms with Gasteiger partial charge in [-0.25, -0.2) is 4.79 Å². The molecule has 0 saturated carbocycles. The van der Waals surface area contributed by atoms with Crippen LogP contribution in [-0.4, -0.2) is 16.1 Å². The molecule has 1 aliphatic carbocycles. The lowest BCUT2D eigenvalue weighted by atomic mass is 9.78. The number of carboxylic acid groups (broad SMARTS) is 1. The first-order valence-electron chi connectivity index (χ1n) is 7.17. The Hall–Kier alpha value is -1.90. The molecule has 1 heterocycles. The van der Waals surface area contributed by atoms with Gasteiger partial charge in [0.2, 0.25) is 0 Å². The number of pyridine rings is 1. The maximum absolute atomic E-state index is 11.8. The lowest BCUT2D eigenvalue weighted by molar-refractivity contribution is 0.0696. The fraction of sp³-hybridized carbons (Fsp3) is 0.412. The largest absolute Gasteiger partial charge is 0.478 e. The topological polar surface area (TPSA) is 50.2 Å². The molecule has 1 aromatic carbocycles. The van der Waals surface area contributed by atoms with Crippen LogP contribution in [0.25, 0.3) is 10.9 Å². The van der Waals surface area contributed by atoms with Crippen molar-refractivity contribution >= 4 is 16.9 Å². The highest BCUT2D eigenvalue weighted by Gasteiger charge is 2.30. The van der Waals surface area contributed by atoms with E-state index in [-0.39, 0.29) is 5.92 Å². The molecule has 0 spiro atoms. The molecule has 1 aromatic heterocycles. The number of carbonyl (C=O) groups is 1. The van der Waals surface area contributed by atoms with Crippen molar-refractivity contribution in [3.63, 3.8) is 0 Å². The van der Waals surface area contributed by atoms with Gasteiger partial charge in [0.25, 0.3) is 0 Å². The minimum Gasteiger partial charge on any atom is -0.478 e. The molecule has 3 nitrogen and oxygen atoms in total. The number of rotatable bonds is 1. The summed E-state index contributed by atoms with van der Waals surface area (Å²) >= 11 is 0. The van der Waals surface area contributed by atoms with Gasteiger partial charge in [-0.1, -0.05) is 32.0 Å². The van der Waals surface area contributed by atoms with Crippen molar-refractivity contribution in [3.05, 3.63) is 40.6 Å². The average Bonchev–Trinajstić information content (AvgIpc) is 2.41. The molecule has 3 heteroatoms. The predicted molar refractivity (Wildman–Crippen MR) is 79.5 cm³/mol. The van der Waals surface area contributed by atoms with E-state index in [0.717, 1.165) is 40.6 Å². The summed E-state index contributed by atoms with van der Waals surface area (Å²) in [5, 5.41) is 10.5. The summed E-state index contributed by atoms with van der Waals surface area (Å²) < 4.78 is 0. The molecule has 1 N–H and O–H groups in total. The van der Waals surface area contributed by atoms with Crippen LogP contribution in [0.3, 0.4) is 0 Å². The lowest BCUT2D eigenvalue weighted by Gasteiger charge is -2.29. The monoisotopic (exact) mass is 269 g/mol. The Morgan fingerprint density at radius 3 is 2.65 bits per heavy atom. The van der Waals surface area contributed by atoms with Crippen molar-refractivity contribution in [2.24, 2.45) is 0 Å². The lowest BCUT2D eigenvalue weighted by Crippen LogP contribution is -2.18. The Bertz CT molecular complexity index is 706. The van der Waals surface area contributed by atoms with Gasteiger partial charge in [0.15, 0.2) is 0 Å². The molecule has 20 heavy (non-hydrogen) atoms. The fourth-order valence-corrected chi connectivity index (χ4v) is 3.35. The third kappa shape index (κ3) is 1.80. The van der Waals surface area contributed by atoms with Crippen molar-refractivity contribution in [1.29, 1.82) is 0 Å². The van der Waals surface area contributed by atoms with Crippen LogP contribution in [0, 0.1) is 6.92 Å². The number of benzene rings is 1. The van der Waals surface area contributed by atoms with Gasteiger partial charge in [-0.05, 0) is 42.7 Å². The number of hydrogen-bond acceptors (Lipinski definition) is 2. The minimum absolute atomic E-state index is 0.268. The zero-order chi connectivity index (χ0) is 14.4. The Kier molecular flexibility index (Phi) is 3.00. The van der Waals surface area contributed by atoms with E-state index in [2.05, 4.69) is 13.8 Å². The van der Waals surface area contributed by atoms with Crippen LogP contribution in [0.4, 0.5) is 0 Å². The second-order valence-corrected chi connectivity index (χ2v) is 5.94. The number of aromatic carboxylic acids is 1. The zero-order valence-electron chi connectivity index (χ0n) is 12.1. The van der Waals surface area contributed by atoms with Gasteiger partial charge in [-0.2, -0.15) is 0 Å². The Balaban J connectivity index is 2.48. The summed E-state index contributed by atoms with van der Waals surface area (Å²) in [5.41, 5.74) is 4.29. The van der Waals surface area contributed by atoms with Crippen LogP contribution in [0.2, 0.25) is 0 Å². The number of para-hydroxylation sites is 1. The second kappa shape index (κ2) is 4.58. The molecule has 0 radical (unpaired) electrons. The van der Waals surface area contributed by atoms with E-state index >= 15 is 0 Å². The van der Waals surface area contributed by atoms with Gasteiger partial charge in [-0.3, -0.25) is 4.98 Å². The van der Waals surface area contributed by atoms with Gasteiger partial charge in [0, 0.05) is 11.1 Å². The van der Waals surface area contributed by atoms with Crippen molar-refractivity contribution in [1.82, 2.24) is 4.98 Å². The standard InChI is InChI=1S/C17H19NO2/c1-9-7-8-11(3)16-13(9)14(17(19)20)12-6-4-5-10(2)15(12)18-16/h4-6,9,11H,7-8H2,1-3H3,(H,19,20). The van der Waals surface area contributed by atoms with Crippen molar-refractivity contribution < 1.29 is 9.90 Å². The van der Waals surface area contributed by atoms with Gasteiger partial charge in [0.1, 0.15) is 0 Å². The summed E-state index contributed by atoms with van der Waals surface area (Å²) in [5.74, 6) is -0.229. The first kappa shape index (κ1) is 13.1. The summed E-state index contributed by atoms with van der Waals surface area (Å²) in [4.78, 5) is 16.6. The molecule has 2 aromatic rings. The normalized spacial score (nSPS) is 21.8. The van der Waals surface area contributed by atoms with Gasteiger partial charge >= 0.3 is 5.97 Å². The molecule has 3 rings (SSSR count). The van der Waals surface area contributed by atoms with Crippen LogP contribution in [0.15, 0.2) is 18.2 Å². The zero-order valence-corrected chi connectivity index (χ0v) is 12.1. The van der Waals surface area contributed by atoms with Crippen LogP contribution < -0.4 is 0 Å². The quantitative estimate of drug-likeness (QED) is 0.842. The summed E-state index contributed by atoms with van der Waals surface area (Å²) in [7, 11) is 0.